The molecule has 2 N–H and O–H groups in total. The normalized spacial score (nSPS) is 15.9. The van der Waals surface area contributed by atoms with E-state index in [1.165, 1.54) is 23.6 Å². The summed E-state index contributed by atoms with van der Waals surface area (Å²) in [6, 6.07) is 3.69. The number of nitrogens with zero attached hydrogens (tertiary/aromatic N) is 1. The highest BCUT2D eigenvalue weighted by Crippen LogP contribution is 2.38. The molecule has 0 unspecified atom stereocenters. The van der Waals surface area contributed by atoms with Gasteiger partial charge in [-0.05, 0) is 45.1 Å². The molecule has 2 heterocycles. The van der Waals surface area contributed by atoms with Crippen molar-refractivity contribution in [2.45, 2.75) is 26.4 Å². The molecule has 0 atom stereocenters. The van der Waals surface area contributed by atoms with E-state index in [4.69, 9.17) is 4.74 Å². The topological polar surface area (TPSA) is 106 Å². The summed E-state index contributed by atoms with van der Waals surface area (Å²) >= 11 is 0. The molecule has 4 rings (SSSR count). The fourth-order valence-electron chi connectivity index (χ4n) is 3.85. The second kappa shape index (κ2) is 5.94. The van der Waals surface area contributed by atoms with E-state index in [-0.39, 0.29) is 21.5 Å². The Morgan fingerprint density at radius 3 is 2.45 bits per heavy atom. The summed E-state index contributed by atoms with van der Waals surface area (Å²) in [4.78, 5) is 38.3. The third kappa shape index (κ3) is 2.61. The van der Waals surface area contributed by atoms with Gasteiger partial charge < -0.3 is 19.5 Å². The summed E-state index contributed by atoms with van der Waals surface area (Å²) < 4.78 is 7.35. The van der Waals surface area contributed by atoms with Gasteiger partial charge in [-0.25, -0.2) is 0 Å². The number of aliphatic hydroxyl groups excluding tert-OH is 1. The predicted octanol–water partition coefficient (Wildman–Crippen LogP) is 1.71. The molecule has 7 heteroatoms. The Bertz CT molecular complexity index is 1490. The zero-order chi connectivity index (χ0) is 21.2. The van der Waals surface area contributed by atoms with Gasteiger partial charge in [-0.1, -0.05) is 0 Å². The van der Waals surface area contributed by atoms with Gasteiger partial charge >= 0.3 is 0 Å². The van der Waals surface area contributed by atoms with Crippen molar-refractivity contribution in [3.8, 4) is 11.5 Å². The van der Waals surface area contributed by atoms with Gasteiger partial charge in [0.05, 0.1) is 10.9 Å². The molecule has 7 nitrogen and oxygen atoms in total. The Balaban J connectivity index is 2.39. The zero-order valence-electron chi connectivity index (χ0n) is 16.4. The third-order valence-corrected chi connectivity index (χ3v) is 5.16. The van der Waals surface area contributed by atoms with Crippen molar-refractivity contribution in [1.82, 2.24) is 4.57 Å². The molecule has 1 aliphatic heterocycles. The lowest BCUT2D eigenvalue weighted by molar-refractivity contribution is 0.159. The Morgan fingerprint density at radius 1 is 1.10 bits per heavy atom. The Labute approximate surface area is 164 Å². The van der Waals surface area contributed by atoms with Gasteiger partial charge in [0.15, 0.2) is 10.9 Å². The summed E-state index contributed by atoms with van der Waals surface area (Å²) in [6.07, 6.45) is 3.60. The van der Waals surface area contributed by atoms with Gasteiger partial charge in [-0.3, -0.25) is 14.4 Å². The van der Waals surface area contributed by atoms with E-state index < -0.39 is 33.4 Å². The first-order valence-electron chi connectivity index (χ1n) is 9.01. The molecule has 0 saturated heterocycles. The van der Waals surface area contributed by atoms with E-state index in [2.05, 4.69) is 0 Å². The van der Waals surface area contributed by atoms with Crippen molar-refractivity contribution in [3.05, 3.63) is 65.7 Å². The molecule has 0 aliphatic carbocycles. The van der Waals surface area contributed by atoms with Gasteiger partial charge in [-0.15, -0.1) is 0 Å². The smallest absolute Gasteiger partial charge is 0.217 e. The summed E-state index contributed by atoms with van der Waals surface area (Å²) in [6.45, 7) is 4.94. The summed E-state index contributed by atoms with van der Waals surface area (Å²) in [7, 11) is 1.57. The minimum absolute atomic E-state index is 0.00784. The first-order valence-corrected chi connectivity index (χ1v) is 9.01. The highest BCUT2D eigenvalue weighted by molar-refractivity contribution is 6.04. The standard InChI is InChI=1S/C22H19NO6/c1-10(24)16-13(25)6-5-12-19(21(16)28)23(4)18-11-7-8-22(2,3)29-15(11)9-14(26)17(18)20(12)27/h5-9,24,27H,1-4H3. The van der Waals surface area contributed by atoms with E-state index in [0.29, 0.717) is 16.8 Å². The van der Waals surface area contributed by atoms with Crippen LogP contribution in [0.5, 0.6) is 11.5 Å². The van der Waals surface area contributed by atoms with Crippen molar-refractivity contribution < 1.29 is 14.9 Å². The van der Waals surface area contributed by atoms with Crippen molar-refractivity contribution >= 4 is 33.6 Å². The first kappa shape index (κ1) is 18.7. The molecule has 3 aromatic rings. The molecule has 1 aliphatic rings. The number of aromatic hydroxyl groups is 1. The number of hydrogen-bond acceptors (Lipinski definition) is 6. The van der Waals surface area contributed by atoms with Crippen LogP contribution in [-0.4, -0.2) is 20.4 Å². The molecular weight excluding hydrogens is 374 g/mol. The van der Waals surface area contributed by atoms with Gasteiger partial charge in [0.25, 0.3) is 0 Å². The molecule has 0 saturated carbocycles. The van der Waals surface area contributed by atoms with Crippen LogP contribution in [0.4, 0.5) is 0 Å². The molecule has 0 fully saturated rings. The lowest BCUT2D eigenvalue weighted by Gasteiger charge is -2.28. The van der Waals surface area contributed by atoms with Crippen LogP contribution in [0.1, 0.15) is 26.3 Å². The SMILES string of the molecule is CC(O)=c1c(=O)ccc2c(O)c3c(=O)cc4c(c3n(C)c2c1=O)C=CC(C)(C)O4. The quantitative estimate of drug-likeness (QED) is 0.602. The van der Waals surface area contributed by atoms with Crippen molar-refractivity contribution in [2.75, 3.05) is 0 Å². The fraction of sp³-hybridized carbons (Fsp3) is 0.227. The molecule has 1 aromatic heterocycles. The van der Waals surface area contributed by atoms with Crippen LogP contribution in [0.25, 0.3) is 33.6 Å². The first-order chi connectivity index (χ1) is 13.5. The molecule has 29 heavy (non-hydrogen) atoms. The number of ether oxygens (including phenoxy) is 1. The van der Waals surface area contributed by atoms with Crippen LogP contribution in [0, 0.1) is 0 Å². The van der Waals surface area contributed by atoms with Crippen LogP contribution in [-0.2, 0) is 7.05 Å². The molecule has 0 spiro atoms. The predicted molar refractivity (Wildman–Crippen MR) is 112 cm³/mol. The average molecular weight is 393 g/mol. The summed E-state index contributed by atoms with van der Waals surface area (Å²) in [5.74, 6) is -0.471. The molecule has 2 aromatic carbocycles. The number of aromatic nitrogens is 1. The minimum Gasteiger partial charge on any atom is -0.512 e. The molecule has 0 amide bonds. The molecule has 0 radical (unpaired) electrons. The second-order valence-corrected chi connectivity index (χ2v) is 7.71. The number of benzene rings is 1. The van der Waals surface area contributed by atoms with Gasteiger partial charge in [0, 0.05) is 24.1 Å². The van der Waals surface area contributed by atoms with Gasteiger partial charge in [0.2, 0.25) is 5.43 Å². The van der Waals surface area contributed by atoms with E-state index in [1.54, 1.807) is 13.1 Å². The number of aliphatic hydroxyl groups is 1. The minimum atomic E-state index is -0.735. The zero-order valence-corrected chi connectivity index (χ0v) is 16.4. The molecule has 0 bridgehead atoms. The fourth-order valence-corrected chi connectivity index (χ4v) is 3.85. The Kier molecular flexibility index (Phi) is 3.84. The largest absolute Gasteiger partial charge is 0.512 e. The highest BCUT2D eigenvalue weighted by Gasteiger charge is 2.27. The van der Waals surface area contributed by atoms with Crippen LogP contribution >= 0.6 is 0 Å². The lowest BCUT2D eigenvalue weighted by Crippen LogP contribution is -2.38. The monoisotopic (exact) mass is 393 g/mol. The number of pyridine rings is 1. The van der Waals surface area contributed by atoms with Gasteiger partial charge in [0.1, 0.15) is 33.6 Å². The second-order valence-electron chi connectivity index (χ2n) is 7.71. The number of aryl methyl sites for hydroxylation is 1. The third-order valence-electron chi connectivity index (χ3n) is 5.16. The van der Waals surface area contributed by atoms with E-state index in [1.807, 2.05) is 19.9 Å². The molecule has 148 valence electrons. The van der Waals surface area contributed by atoms with Crippen molar-refractivity contribution in [3.63, 3.8) is 0 Å². The lowest BCUT2D eigenvalue weighted by atomic mass is 9.98. The average Bonchev–Trinajstić information content (AvgIpc) is 2.74. The Hall–Kier alpha value is -3.61. The maximum absolute atomic E-state index is 13.1. The summed E-state index contributed by atoms with van der Waals surface area (Å²) in [5, 5.41) is 20.5. The number of hydrogen-bond donors (Lipinski definition) is 2. The van der Waals surface area contributed by atoms with E-state index in [0.717, 1.165) is 6.07 Å². The maximum Gasteiger partial charge on any atom is 0.217 e. The Morgan fingerprint density at radius 2 is 1.79 bits per heavy atom. The molecular formula is C22H19NO6. The van der Waals surface area contributed by atoms with Gasteiger partial charge in [-0.2, -0.15) is 0 Å². The van der Waals surface area contributed by atoms with Crippen molar-refractivity contribution in [2.24, 2.45) is 7.05 Å². The van der Waals surface area contributed by atoms with Crippen LogP contribution in [0.2, 0.25) is 0 Å². The summed E-state index contributed by atoms with van der Waals surface area (Å²) in [5.41, 5.74) is -1.66. The van der Waals surface area contributed by atoms with Crippen molar-refractivity contribution in [1.29, 1.82) is 0 Å². The maximum atomic E-state index is 13.1. The van der Waals surface area contributed by atoms with Crippen LogP contribution in [0.15, 0.2) is 38.7 Å². The van der Waals surface area contributed by atoms with E-state index >= 15 is 0 Å². The number of fused-ring (bicyclic) bond motifs is 4. The van der Waals surface area contributed by atoms with E-state index in [9.17, 15) is 24.6 Å². The number of rotatable bonds is 0. The highest BCUT2D eigenvalue weighted by atomic mass is 16.5. The van der Waals surface area contributed by atoms with Crippen LogP contribution in [0.3, 0.4) is 0 Å². The van der Waals surface area contributed by atoms with Crippen LogP contribution < -0.4 is 26.2 Å².